The number of halogens is 2. The summed E-state index contributed by atoms with van der Waals surface area (Å²) in [6, 6.07) is 9.68. The number of amides is 1. The first-order chi connectivity index (χ1) is 15.5. The lowest BCUT2D eigenvalue weighted by molar-refractivity contribution is -0.126. The molecule has 0 saturated carbocycles. The third-order valence-electron chi connectivity index (χ3n) is 6.21. The Morgan fingerprint density at radius 1 is 1.12 bits per heavy atom. The summed E-state index contributed by atoms with van der Waals surface area (Å²) in [6.07, 6.45) is 2.43. The summed E-state index contributed by atoms with van der Waals surface area (Å²) >= 11 is 12.6. The molecule has 0 radical (unpaired) electrons. The van der Waals surface area contributed by atoms with E-state index in [0.717, 1.165) is 67.5 Å². The lowest BCUT2D eigenvalue weighted by atomic mass is 9.95. The summed E-state index contributed by atoms with van der Waals surface area (Å²) in [5.41, 5.74) is 2.54. The highest BCUT2D eigenvalue weighted by Gasteiger charge is 2.30. The molecular weight excluding hydrogens is 449 g/mol. The first-order valence-corrected chi connectivity index (χ1v) is 11.7. The Balaban J connectivity index is 1.43. The number of piperidine rings is 1. The summed E-state index contributed by atoms with van der Waals surface area (Å²) in [5, 5.41) is 4.09. The number of aromatic nitrogens is 3. The van der Waals surface area contributed by atoms with Gasteiger partial charge in [-0.1, -0.05) is 29.3 Å². The molecule has 0 bridgehead atoms. The van der Waals surface area contributed by atoms with Crippen LogP contribution in [-0.4, -0.2) is 52.8 Å². The van der Waals surface area contributed by atoms with Gasteiger partial charge in [-0.15, -0.1) is 0 Å². The van der Waals surface area contributed by atoms with Crippen molar-refractivity contribution in [2.45, 2.75) is 32.2 Å². The molecule has 7 nitrogen and oxygen atoms in total. The Kier molecular flexibility index (Phi) is 5.97. The maximum absolute atomic E-state index is 12.7. The molecule has 2 aromatic heterocycles. The first kappa shape index (κ1) is 21.5. The molecule has 2 saturated heterocycles. The molecule has 1 aromatic carbocycles. The highest BCUT2D eigenvalue weighted by Crippen LogP contribution is 2.34. The van der Waals surface area contributed by atoms with Crippen molar-refractivity contribution in [3.05, 3.63) is 46.1 Å². The van der Waals surface area contributed by atoms with Gasteiger partial charge >= 0.3 is 0 Å². The van der Waals surface area contributed by atoms with Crippen LogP contribution in [0.3, 0.4) is 0 Å². The van der Waals surface area contributed by atoms with Gasteiger partial charge in [0.1, 0.15) is 5.82 Å². The van der Waals surface area contributed by atoms with Crippen LogP contribution in [0.2, 0.25) is 10.0 Å². The minimum absolute atomic E-state index is 0.00524. The maximum Gasteiger partial charge on any atom is 0.223 e. The van der Waals surface area contributed by atoms with Gasteiger partial charge in [-0.2, -0.15) is 0 Å². The van der Waals surface area contributed by atoms with E-state index in [4.69, 9.17) is 37.9 Å². The monoisotopic (exact) mass is 473 g/mol. The summed E-state index contributed by atoms with van der Waals surface area (Å²) < 4.78 is 7.40. The molecule has 2 fully saturated rings. The predicted octanol–water partition coefficient (Wildman–Crippen LogP) is 4.16. The van der Waals surface area contributed by atoms with Crippen molar-refractivity contribution in [3.8, 4) is 5.82 Å². The van der Waals surface area contributed by atoms with Crippen molar-refractivity contribution in [1.82, 2.24) is 19.9 Å². The first-order valence-electron chi connectivity index (χ1n) is 10.9. The van der Waals surface area contributed by atoms with Crippen LogP contribution in [0, 0.1) is 12.8 Å². The predicted molar refractivity (Wildman–Crippen MR) is 126 cm³/mol. The van der Waals surface area contributed by atoms with E-state index in [-0.39, 0.29) is 17.9 Å². The second kappa shape index (κ2) is 8.89. The number of pyridine rings is 1. The van der Waals surface area contributed by atoms with Gasteiger partial charge in [-0.05, 0) is 50.5 Å². The van der Waals surface area contributed by atoms with Gasteiger partial charge < -0.3 is 15.0 Å². The Labute approximate surface area is 196 Å². The number of hydrogen-bond acceptors (Lipinski definition) is 5. The van der Waals surface area contributed by atoms with Gasteiger partial charge in [0.25, 0.3) is 0 Å². The number of nitrogens with zero attached hydrogens (tertiary/aromatic N) is 4. The van der Waals surface area contributed by atoms with Crippen molar-refractivity contribution in [1.29, 1.82) is 0 Å². The number of hydrogen-bond donors (Lipinski definition) is 1. The number of ether oxygens (including phenoxy) is 1. The molecule has 1 atom stereocenters. The number of aryl methyl sites for hydroxylation is 1. The SMILES string of the molecule is Cc1cccc(-n2c(N3CCC(C(=O)N[C@@H]4CCOC4)CC3)nc3cc(Cl)c(Cl)cc32)n1. The van der Waals surface area contributed by atoms with Crippen LogP contribution in [0.5, 0.6) is 0 Å². The standard InChI is InChI=1S/C23H25Cl2N5O2/c1-14-3-2-4-21(26-14)30-20-12-18(25)17(24)11-19(20)28-23(30)29-8-5-15(6-9-29)22(31)27-16-7-10-32-13-16/h2-4,11-12,15-16H,5-10,13H2,1H3,(H,27,31)/t16-/m1/s1. The Morgan fingerprint density at radius 2 is 1.91 bits per heavy atom. The summed E-state index contributed by atoms with van der Waals surface area (Å²) in [7, 11) is 0. The van der Waals surface area contributed by atoms with Crippen LogP contribution in [0.4, 0.5) is 5.95 Å². The molecule has 0 unspecified atom stereocenters. The number of imidazole rings is 1. The zero-order valence-corrected chi connectivity index (χ0v) is 19.4. The Hall–Kier alpha value is -2.35. The van der Waals surface area contributed by atoms with Crippen molar-refractivity contribution in [2.75, 3.05) is 31.2 Å². The van der Waals surface area contributed by atoms with Gasteiger partial charge in [-0.3, -0.25) is 9.36 Å². The van der Waals surface area contributed by atoms with Gasteiger partial charge in [0, 0.05) is 31.3 Å². The molecule has 9 heteroatoms. The fourth-order valence-electron chi connectivity index (χ4n) is 4.46. The number of nitrogens with one attached hydrogen (secondary N) is 1. The fraction of sp³-hybridized carbons (Fsp3) is 0.435. The third kappa shape index (κ3) is 4.17. The lowest BCUT2D eigenvalue weighted by Crippen LogP contribution is -2.44. The Bertz CT molecular complexity index is 1150. The molecular formula is C23H25Cl2N5O2. The van der Waals surface area contributed by atoms with E-state index in [0.29, 0.717) is 16.7 Å². The number of carbonyl (C=O) groups excluding carboxylic acids is 1. The molecule has 2 aliphatic rings. The fourth-order valence-corrected chi connectivity index (χ4v) is 4.78. The quantitative estimate of drug-likeness (QED) is 0.615. The summed E-state index contributed by atoms with van der Waals surface area (Å²) in [4.78, 5) is 24.5. The molecule has 1 amide bonds. The van der Waals surface area contributed by atoms with Gasteiger partial charge in [0.05, 0.1) is 33.7 Å². The van der Waals surface area contributed by atoms with E-state index in [2.05, 4.69) is 10.2 Å². The lowest BCUT2D eigenvalue weighted by Gasteiger charge is -2.32. The van der Waals surface area contributed by atoms with Crippen LogP contribution in [0.25, 0.3) is 16.9 Å². The third-order valence-corrected chi connectivity index (χ3v) is 6.93. The van der Waals surface area contributed by atoms with Gasteiger partial charge in [0.2, 0.25) is 11.9 Å². The topological polar surface area (TPSA) is 72.3 Å². The molecule has 0 aliphatic carbocycles. The zero-order valence-electron chi connectivity index (χ0n) is 17.9. The molecule has 1 N–H and O–H groups in total. The number of fused-ring (bicyclic) bond motifs is 1. The highest BCUT2D eigenvalue weighted by molar-refractivity contribution is 6.42. The van der Waals surface area contributed by atoms with E-state index >= 15 is 0 Å². The van der Waals surface area contributed by atoms with Crippen molar-refractivity contribution >= 4 is 46.1 Å². The molecule has 0 spiro atoms. The minimum Gasteiger partial charge on any atom is -0.379 e. The molecule has 168 valence electrons. The molecule has 2 aliphatic heterocycles. The average molecular weight is 474 g/mol. The van der Waals surface area contributed by atoms with E-state index in [1.165, 1.54) is 0 Å². The summed E-state index contributed by atoms with van der Waals surface area (Å²) in [6.45, 7) is 4.77. The van der Waals surface area contributed by atoms with Crippen molar-refractivity contribution in [3.63, 3.8) is 0 Å². The van der Waals surface area contributed by atoms with E-state index in [1.54, 1.807) is 6.07 Å². The summed E-state index contributed by atoms with van der Waals surface area (Å²) in [5.74, 6) is 1.71. The minimum atomic E-state index is 0.00524. The second-order valence-corrected chi connectivity index (χ2v) is 9.28. The number of anilines is 1. The van der Waals surface area contributed by atoms with E-state index in [9.17, 15) is 4.79 Å². The van der Waals surface area contributed by atoms with Gasteiger partial charge in [0.15, 0.2) is 0 Å². The second-order valence-electron chi connectivity index (χ2n) is 8.47. The van der Waals surface area contributed by atoms with E-state index in [1.807, 2.05) is 35.8 Å². The number of rotatable bonds is 4. The maximum atomic E-state index is 12.7. The molecule has 3 aromatic rings. The van der Waals surface area contributed by atoms with Crippen molar-refractivity contribution in [2.24, 2.45) is 5.92 Å². The van der Waals surface area contributed by atoms with Crippen LogP contribution in [0.1, 0.15) is 25.0 Å². The average Bonchev–Trinajstić information content (AvgIpc) is 3.42. The van der Waals surface area contributed by atoms with Crippen LogP contribution < -0.4 is 10.2 Å². The number of carbonyl (C=O) groups is 1. The van der Waals surface area contributed by atoms with Gasteiger partial charge in [-0.25, -0.2) is 9.97 Å². The zero-order chi connectivity index (χ0) is 22.2. The normalized spacial score (nSPS) is 19.6. The molecule has 4 heterocycles. The smallest absolute Gasteiger partial charge is 0.223 e. The molecule has 32 heavy (non-hydrogen) atoms. The Morgan fingerprint density at radius 3 is 2.62 bits per heavy atom. The van der Waals surface area contributed by atoms with Crippen LogP contribution >= 0.6 is 23.2 Å². The van der Waals surface area contributed by atoms with E-state index < -0.39 is 0 Å². The van der Waals surface area contributed by atoms with Crippen molar-refractivity contribution < 1.29 is 9.53 Å². The van der Waals surface area contributed by atoms with Crippen LogP contribution in [-0.2, 0) is 9.53 Å². The molecule has 5 rings (SSSR count). The van der Waals surface area contributed by atoms with Crippen LogP contribution in [0.15, 0.2) is 30.3 Å². The largest absolute Gasteiger partial charge is 0.379 e. The number of benzene rings is 1. The highest BCUT2D eigenvalue weighted by atomic mass is 35.5.